The molecule has 3 N–H and O–H groups in total. The number of likely N-dealkylation sites (N-methyl/N-ethyl adjacent to an activating group) is 1. The van der Waals surface area contributed by atoms with Crippen molar-refractivity contribution in [3.05, 3.63) is 51.9 Å². The number of anilines is 3. The molecule has 2 unspecified atom stereocenters. The van der Waals surface area contributed by atoms with Crippen molar-refractivity contribution in [3.63, 3.8) is 0 Å². The van der Waals surface area contributed by atoms with Crippen LogP contribution in [0, 0.1) is 12.7 Å². The van der Waals surface area contributed by atoms with E-state index in [1.54, 1.807) is 6.07 Å². The topological polar surface area (TPSA) is 88.9 Å². The van der Waals surface area contributed by atoms with E-state index in [0.717, 1.165) is 56.6 Å². The number of hydrogen-bond donors (Lipinski definition) is 3. The van der Waals surface area contributed by atoms with Crippen LogP contribution in [-0.2, 0) is 0 Å². The molecule has 0 radical (unpaired) electrons. The van der Waals surface area contributed by atoms with Crippen LogP contribution in [0.15, 0.2) is 35.0 Å². The summed E-state index contributed by atoms with van der Waals surface area (Å²) in [4.78, 5) is 17.7. The summed E-state index contributed by atoms with van der Waals surface area (Å²) in [6.07, 6.45) is 5.69. The van der Waals surface area contributed by atoms with Crippen molar-refractivity contribution in [1.82, 2.24) is 19.8 Å². The first-order valence-corrected chi connectivity index (χ1v) is 14.4. The van der Waals surface area contributed by atoms with E-state index in [1.807, 2.05) is 19.1 Å². The van der Waals surface area contributed by atoms with Crippen LogP contribution in [0.5, 0.6) is 0 Å². The third-order valence-electron chi connectivity index (χ3n) is 7.87. The first-order chi connectivity index (χ1) is 18.7. The molecule has 2 aliphatic heterocycles. The molecule has 1 aromatic carbocycles. The molecule has 0 spiro atoms. The molecule has 8 nitrogen and oxygen atoms in total. The van der Waals surface area contributed by atoms with Gasteiger partial charge in [0.1, 0.15) is 22.9 Å². The number of rotatable bonds is 10. The fraction of sp³-hybridized carbons (Fsp3) is 0.552. The second kappa shape index (κ2) is 13.2. The summed E-state index contributed by atoms with van der Waals surface area (Å²) in [6.45, 7) is 14.5. The lowest BCUT2D eigenvalue weighted by Gasteiger charge is -2.37. The summed E-state index contributed by atoms with van der Waals surface area (Å²) >= 11 is 6.33. The van der Waals surface area contributed by atoms with E-state index in [2.05, 4.69) is 63.1 Å². The average molecular weight is 558 g/mol. The fourth-order valence-electron chi connectivity index (χ4n) is 5.43. The molecular formula is C29H41ClFN7O. The number of nitrogens with one attached hydrogen (secondary N) is 2. The van der Waals surface area contributed by atoms with E-state index in [0.29, 0.717) is 28.9 Å². The Morgan fingerprint density at radius 2 is 1.87 bits per heavy atom. The lowest BCUT2D eigenvalue weighted by atomic mass is 9.86. The minimum absolute atomic E-state index is 0.158. The lowest BCUT2D eigenvalue weighted by Crippen LogP contribution is -2.47. The highest BCUT2D eigenvalue weighted by molar-refractivity contribution is 6.33. The molecule has 3 heterocycles. The number of likely N-dealkylation sites (tertiary alicyclic amines) is 1. The number of aliphatic hydroxyl groups excluding tert-OH is 1. The van der Waals surface area contributed by atoms with Crippen LogP contribution in [0.3, 0.4) is 0 Å². The molecule has 1 fully saturated rings. The van der Waals surface area contributed by atoms with Gasteiger partial charge >= 0.3 is 0 Å². The fourth-order valence-corrected chi connectivity index (χ4v) is 5.56. The van der Waals surface area contributed by atoms with Crippen molar-refractivity contribution >= 4 is 34.9 Å². The molecule has 0 saturated carbocycles. The van der Waals surface area contributed by atoms with Crippen molar-refractivity contribution in [2.24, 2.45) is 4.99 Å². The Morgan fingerprint density at radius 1 is 1.15 bits per heavy atom. The first-order valence-electron chi connectivity index (χ1n) is 14.0. The van der Waals surface area contributed by atoms with Crippen molar-refractivity contribution in [3.8, 4) is 0 Å². The maximum atomic E-state index is 15.3. The Morgan fingerprint density at radius 3 is 2.51 bits per heavy atom. The zero-order valence-corrected chi connectivity index (χ0v) is 24.4. The third-order valence-corrected chi connectivity index (χ3v) is 8.15. The first kappa shape index (κ1) is 29.4. The summed E-state index contributed by atoms with van der Waals surface area (Å²) in [5.41, 5.74) is 3.53. The van der Waals surface area contributed by atoms with Gasteiger partial charge in [0.15, 0.2) is 5.82 Å². The molecule has 10 heteroatoms. The van der Waals surface area contributed by atoms with E-state index in [4.69, 9.17) is 11.6 Å². The number of amidine groups is 1. The number of aliphatic hydroxyl groups is 1. The second-order valence-electron chi connectivity index (χ2n) is 10.4. The highest BCUT2D eigenvalue weighted by Crippen LogP contribution is 2.34. The number of aliphatic imine (C=N–C) groups is 1. The molecule has 212 valence electrons. The minimum Gasteiger partial charge on any atom is -0.377 e. The van der Waals surface area contributed by atoms with Crippen LogP contribution in [0.25, 0.3) is 0 Å². The molecule has 1 saturated heterocycles. The summed E-state index contributed by atoms with van der Waals surface area (Å²) < 4.78 is 15.3. The van der Waals surface area contributed by atoms with Gasteiger partial charge in [0.2, 0.25) is 5.95 Å². The van der Waals surface area contributed by atoms with Gasteiger partial charge in [0.05, 0.1) is 17.9 Å². The van der Waals surface area contributed by atoms with Crippen LogP contribution in [0.4, 0.5) is 21.8 Å². The maximum absolute atomic E-state index is 15.3. The van der Waals surface area contributed by atoms with E-state index < -0.39 is 6.23 Å². The Bertz CT molecular complexity index is 1210. The normalized spacial score (nSPS) is 19.3. The van der Waals surface area contributed by atoms with Crippen molar-refractivity contribution in [2.45, 2.75) is 72.1 Å². The number of hydrogen-bond acceptors (Lipinski definition) is 8. The molecule has 2 aliphatic rings. The highest BCUT2D eigenvalue weighted by Gasteiger charge is 2.27. The Kier molecular flexibility index (Phi) is 9.93. The lowest BCUT2D eigenvalue weighted by molar-refractivity contribution is -0.0314. The zero-order chi connectivity index (χ0) is 28.1. The maximum Gasteiger partial charge on any atom is 0.229 e. The van der Waals surface area contributed by atoms with Gasteiger partial charge in [-0.1, -0.05) is 32.4 Å². The molecule has 0 bridgehead atoms. The largest absolute Gasteiger partial charge is 0.377 e. The molecule has 0 aliphatic carbocycles. The van der Waals surface area contributed by atoms with Gasteiger partial charge in [0, 0.05) is 19.6 Å². The molecule has 2 atom stereocenters. The summed E-state index contributed by atoms with van der Waals surface area (Å²) in [6, 6.07) is 3.60. The van der Waals surface area contributed by atoms with Crippen LogP contribution in [0.1, 0.15) is 64.0 Å². The van der Waals surface area contributed by atoms with Gasteiger partial charge in [-0.05, 0) is 87.0 Å². The summed E-state index contributed by atoms with van der Waals surface area (Å²) in [5.74, 6) is 1.26. The van der Waals surface area contributed by atoms with Gasteiger partial charge in [-0.2, -0.15) is 4.98 Å². The van der Waals surface area contributed by atoms with E-state index in [9.17, 15) is 5.11 Å². The van der Waals surface area contributed by atoms with Crippen LogP contribution < -0.4 is 10.6 Å². The number of nitrogens with zero attached hydrogens (tertiary/aromatic N) is 5. The standard InChI is InChI=1S/C29H41ClFN7O/c1-6-24-19(5)14-26(33-24)35-28-22(30)16-32-29(36-28)34-25-13-18(4)21(15-23(25)31)20-9-11-38(12-10-20)27(39)17-37(7-2)8-3/h13-16,20,24,27,39H,6-12,17H2,1-5H3,(H2,32,33,34,35,36). The Hall–Kier alpha value is -2.59. The smallest absolute Gasteiger partial charge is 0.229 e. The van der Waals surface area contributed by atoms with E-state index in [-0.39, 0.29) is 23.7 Å². The number of piperidine rings is 1. The Labute approximate surface area is 236 Å². The number of aryl methyl sites for hydroxylation is 1. The molecule has 4 rings (SSSR count). The predicted molar refractivity (Wildman–Crippen MR) is 158 cm³/mol. The molecular weight excluding hydrogens is 517 g/mol. The quantitative estimate of drug-likeness (QED) is 0.345. The number of halogens is 2. The molecule has 0 amide bonds. The molecule has 2 aromatic rings. The van der Waals surface area contributed by atoms with Gasteiger partial charge in [-0.3, -0.25) is 14.8 Å². The van der Waals surface area contributed by atoms with Crippen LogP contribution in [-0.4, -0.2) is 75.7 Å². The summed E-state index contributed by atoms with van der Waals surface area (Å²) in [7, 11) is 0. The molecule has 1 aromatic heterocycles. The van der Waals surface area contributed by atoms with Crippen molar-refractivity contribution in [2.75, 3.05) is 43.4 Å². The average Bonchev–Trinajstić information content (AvgIpc) is 3.29. The highest BCUT2D eigenvalue weighted by atomic mass is 35.5. The SMILES string of the molecule is CCC1N=C(Nc2nc(Nc3cc(C)c(C4CCN(C(O)CN(CC)CC)CC4)cc3F)ncc2Cl)C=C1C. The second-order valence-corrected chi connectivity index (χ2v) is 10.8. The number of aromatic nitrogens is 2. The van der Waals surface area contributed by atoms with E-state index in [1.165, 1.54) is 11.8 Å². The Balaban J connectivity index is 1.41. The molecule has 39 heavy (non-hydrogen) atoms. The zero-order valence-electron chi connectivity index (χ0n) is 23.6. The summed E-state index contributed by atoms with van der Waals surface area (Å²) in [5, 5.41) is 17.2. The van der Waals surface area contributed by atoms with Gasteiger partial charge in [-0.25, -0.2) is 9.37 Å². The van der Waals surface area contributed by atoms with Gasteiger partial charge in [0.25, 0.3) is 0 Å². The van der Waals surface area contributed by atoms with Gasteiger partial charge < -0.3 is 15.7 Å². The van der Waals surface area contributed by atoms with Crippen molar-refractivity contribution < 1.29 is 9.50 Å². The van der Waals surface area contributed by atoms with Crippen LogP contribution in [0.2, 0.25) is 5.02 Å². The monoisotopic (exact) mass is 557 g/mol. The van der Waals surface area contributed by atoms with Crippen LogP contribution >= 0.6 is 11.6 Å². The van der Waals surface area contributed by atoms with E-state index >= 15 is 4.39 Å². The third kappa shape index (κ3) is 7.14. The number of benzene rings is 1. The van der Waals surface area contributed by atoms with Crippen molar-refractivity contribution in [1.29, 1.82) is 0 Å². The van der Waals surface area contributed by atoms with Gasteiger partial charge in [-0.15, -0.1) is 0 Å². The minimum atomic E-state index is -0.470. The predicted octanol–water partition coefficient (Wildman–Crippen LogP) is 5.71.